The maximum atomic E-state index is 12.3. The van der Waals surface area contributed by atoms with E-state index in [1.807, 2.05) is 6.26 Å². The number of carbonyl (C=O) groups excluding carboxylic acids is 2. The lowest BCUT2D eigenvalue weighted by atomic mass is 10.2. The van der Waals surface area contributed by atoms with Gasteiger partial charge in [-0.15, -0.1) is 0 Å². The van der Waals surface area contributed by atoms with E-state index in [1.165, 1.54) is 25.6 Å². The van der Waals surface area contributed by atoms with Gasteiger partial charge in [-0.05, 0) is 18.4 Å². The van der Waals surface area contributed by atoms with Crippen molar-refractivity contribution in [3.05, 3.63) is 41.0 Å². The van der Waals surface area contributed by atoms with Gasteiger partial charge in [0.1, 0.15) is 18.4 Å². The second kappa shape index (κ2) is 10.0. The molecule has 1 amide bonds. The van der Waals surface area contributed by atoms with Crippen LogP contribution in [-0.4, -0.2) is 47.2 Å². The molecule has 0 unspecified atom stereocenters. The Kier molecular flexibility index (Phi) is 7.73. The second-order valence-corrected chi connectivity index (χ2v) is 6.56. The predicted molar refractivity (Wildman–Crippen MR) is 96.4 cm³/mol. The molecule has 0 radical (unpaired) electrons. The molecular weight excluding hydrogens is 382 g/mol. The molecule has 0 aliphatic carbocycles. The number of methoxy groups -OCH3 is 1. The Hall–Kier alpha value is -2.26. The number of aromatic nitrogens is 2. The fourth-order valence-electron chi connectivity index (χ4n) is 1.97. The van der Waals surface area contributed by atoms with Crippen LogP contribution in [0.25, 0.3) is 0 Å². The van der Waals surface area contributed by atoms with E-state index in [-0.39, 0.29) is 12.3 Å². The van der Waals surface area contributed by atoms with E-state index < -0.39 is 17.9 Å². The van der Waals surface area contributed by atoms with Crippen molar-refractivity contribution in [2.75, 3.05) is 19.1 Å². The average Bonchev–Trinajstić information content (AvgIpc) is 3.12. The third kappa shape index (κ3) is 5.92. The van der Waals surface area contributed by atoms with Crippen LogP contribution in [0.15, 0.2) is 29.0 Å². The van der Waals surface area contributed by atoms with Crippen molar-refractivity contribution in [3.63, 3.8) is 0 Å². The highest BCUT2D eigenvalue weighted by Crippen LogP contribution is 2.17. The van der Waals surface area contributed by atoms with Crippen LogP contribution in [0, 0.1) is 0 Å². The van der Waals surface area contributed by atoms with Crippen LogP contribution in [-0.2, 0) is 16.1 Å². The standard InChI is InChI=1S/C16H18ClN3O5S/c1-23-16(22)13(3-4-26-2)19-15(21)14-6-12(25-20-14)9-24-11-5-10(17)7-18-8-11/h5-8,13H,3-4,9H2,1-2H3,(H,19,21)/t13-/m1/s1. The number of hydrogen-bond acceptors (Lipinski definition) is 8. The average molecular weight is 400 g/mol. The molecule has 2 rings (SSSR count). The van der Waals surface area contributed by atoms with Gasteiger partial charge in [-0.2, -0.15) is 11.8 Å². The van der Waals surface area contributed by atoms with Gasteiger partial charge in [-0.25, -0.2) is 4.79 Å². The van der Waals surface area contributed by atoms with Gasteiger partial charge in [0, 0.05) is 18.3 Å². The molecule has 0 bridgehead atoms. The summed E-state index contributed by atoms with van der Waals surface area (Å²) in [5.41, 5.74) is 0.0471. The molecule has 140 valence electrons. The van der Waals surface area contributed by atoms with Crippen molar-refractivity contribution in [1.29, 1.82) is 0 Å². The lowest BCUT2D eigenvalue weighted by molar-refractivity contribution is -0.142. The zero-order chi connectivity index (χ0) is 18.9. The first-order chi connectivity index (χ1) is 12.5. The highest BCUT2D eigenvalue weighted by atomic mass is 35.5. The number of carbonyl (C=O) groups is 2. The molecule has 8 nitrogen and oxygen atoms in total. The molecular formula is C16H18ClN3O5S. The van der Waals surface area contributed by atoms with E-state index in [0.717, 1.165) is 0 Å². The number of amides is 1. The van der Waals surface area contributed by atoms with Gasteiger partial charge in [0.15, 0.2) is 11.5 Å². The number of ether oxygens (including phenoxy) is 2. The number of rotatable bonds is 9. The van der Waals surface area contributed by atoms with Crippen LogP contribution in [0.3, 0.4) is 0 Å². The minimum Gasteiger partial charge on any atom is -0.484 e. The smallest absolute Gasteiger partial charge is 0.328 e. The summed E-state index contributed by atoms with van der Waals surface area (Å²) in [6.07, 6.45) is 5.35. The molecule has 1 N–H and O–H groups in total. The van der Waals surface area contributed by atoms with Gasteiger partial charge in [0.2, 0.25) is 0 Å². The molecule has 10 heteroatoms. The van der Waals surface area contributed by atoms with E-state index >= 15 is 0 Å². The van der Waals surface area contributed by atoms with Crippen molar-refractivity contribution in [2.45, 2.75) is 19.1 Å². The Balaban J connectivity index is 1.94. The Morgan fingerprint density at radius 3 is 2.88 bits per heavy atom. The number of esters is 1. The molecule has 0 saturated heterocycles. The first kappa shape index (κ1) is 20.1. The van der Waals surface area contributed by atoms with Crippen molar-refractivity contribution in [1.82, 2.24) is 15.5 Å². The molecule has 0 fully saturated rings. The summed E-state index contributed by atoms with van der Waals surface area (Å²) in [6, 6.07) is 2.30. The summed E-state index contributed by atoms with van der Waals surface area (Å²) in [6.45, 7) is 0.0508. The van der Waals surface area contributed by atoms with Gasteiger partial charge in [0.25, 0.3) is 5.91 Å². The summed E-state index contributed by atoms with van der Waals surface area (Å²) < 4.78 is 15.2. The van der Waals surface area contributed by atoms with E-state index in [4.69, 9.17) is 25.6 Å². The summed E-state index contributed by atoms with van der Waals surface area (Å²) in [7, 11) is 1.27. The van der Waals surface area contributed by atoms with Crippen LogP contribution < -0.4 is 10.1 Å². The van der Waals surface area contributed by atoms with Crippen molar-refractivity contribution in [3.8, 4) is 5.75 Å². The van der Waals surface area contributed by atoms with Crippen LogP contribution in [0.5, 0.6) is 5.75 Å². The first-order valence-electron chi connectivity index (χ1n) is 7.60. The Morgan fingerprint density at radius 2 is 2.19 bits per heavy atom. The Bertz CT molecular complexity index is 755. The summed E-state index contributed by atoms with van der Waals surface area (Å²) in [5.74, 6) is 0.469. The summed E-state index contributed by atoms with van der Waals surface area (Å²) >= 11 is 7.39. The third-order valence-corrected chi connectivity index (χ3v) is 4.10. The number of hydrogen-bond donors (Lipinski definition) is 1. The Labute approximate surface area is 159 Å². The van der Waals surface area contributed by atoms with E-state index in [0.29, 0.717) is 28.7 Å². The van der Waals surface area contributed by atoms with Crippen LogP contribution in [0.4, 0.5) is 0 Å². The zero-order valence-corrected chi connectivity index (χ0v) is 15.8. The maximum Gasteiger partial charge on any atom is 0.328 e. The second-order valence-electron chi connectivity index (χ2n) is 5.14. The quantitative estimate of drug-likeness (QED) is 0.641. The highest BCUT2D eigenvalue weighted by molar-refractivity contribution is 7.98. The number of thioether (sulfide) groups is 1. The van der Waals surface area contributed by atoms with Gasteiger partial charge in [0.05, 0.1) is 18.3 Å². The fraction of sp³-hybridized carbons (Fsp3) is 0.375. The fourth-order valence-corrected chi connectivity index (χ4v) is 2.61. The highest BCUT2D eigenvalue weighted by Gasteiger charge is 2.23. The first-order valence-corrected chi connectivity index (χ1v) is 9.37. The summed E-state index contributed by atoms with van der Waals surface area (Å²) in [5, 5.41) is 6.74. The molecule has 2 heterocycles. The van der Waals surface area contributed by atoms with E-state index in [2.05, 4.69) is 15.5 Å². The number of pyridine rings is 1. The maximum absolute atomic E-state index is 12.3. The van der Waals surface area contributed by atoms with Gasteiger partial charge in [-0.3, -0.25) is 9.78 Å². The topological polar surface area (TPSA) is 104 Å². The molecule has 2 aromatic rings. The monoisotopic (exact) mass is 399 g/mol. The minimum absolute atomic E-state index is 0.0471. The third-order valence-electron chi connectivity index (χ3n) is 3.25. The van der Waals surface area contributed by atoms with Gasteiger partial charge >= 0.3 is 5.97 Å². The number of halogens is 1. The molecule has 0 aliphatic rings. The number of nitrogens with one attached hydrogen (secondary N) is 1. The zero-order valence-electron chi connectivity index (χ0n) is 14.2. The van der Waals surface area contributed by atoms with Crippen molar-refractivity contribution >= 4 is 35.2 Å². The Morgan fingerprint density at radius 1 is 1.38 bits per heavy atom. The molecule has 2 aromatic heterocycles. The lowest BCUT2D eigenvalue weighted by Gasteiger charge is -2.14. The predicted octanol–water partition coefficient (Wildman–Crippen LogP) is 2.33. The minimum atomic E-state index is -0.742. The van der Waals surface area contributed by atoms with Crippen LogP contribution in [0.1, 0.15) is 22.7 Å². The number of nitrogens with zero attached hydrogens (tertiary/aromatic N) is 2. The normalized spacial score (nSPS) is 11.7. The molecule has 0 saturated carbocycles. The van der Waals surface area contributed by atoms with Crippen LogP contribution >= 0.6 is 23.4 Å². The molecule has 1 atom stereocenters. The van der Waals surface area contributed by atoms with Crippen molar-refractivity contribution < 1.29 is 23.6 Å². The molecule has 26 heavy (non-hydrogen) atoms. The van der Waals surface area contributed by atoms with E-state index in [1.54, 1.807) is 17.8 Å². The van der Waals surface area contributed by atoms with Crippen molar-refractivity contribution in [2.24, 2.45) is 0 Å². The van der Waals surface area contributed by atoms with E-state index in [9.17, 15) is 9.59 Å². The molecule has 0 spiro atoms. The molecule has 0 aromatic carbocycles. The summed E-state index contributed by atoms with van der Waals surface area (Å²) in [4.78, 5) is 27.9. The SMILES string of the molecule is COC(=O)[C@@H](CCSC)NC(=O)c1cc(COc2cncc(Cl)c2)on1. The lowest BCUT2D eigenvalue weighted by Crippen LogP contribution is -2.42. The van der Waals surface area contributed by atoms with Gasteiger partial charge < -0.3 is 19.3 Å². The van der Waals surface area contributed by atoms with Crippen LogP contribution in [0.2, 0.25) is 5.02 Å². The molecule has 0 aliphatic heterocycles. The largest absolute Gasteiger partial charge is 0.484 e. The van der Waals surface area contributed by atoms with Gasteiger partial charge in [-0.1, -0.05) is 16.8 Å².